The molecule has 14 heavy (non-hydrogen) atoms. The van der Waals surface area contributed by atoms with Crippen molar-refractivity contribution in [2.24, 2.45) is 11.7 Å². The minimum atomic E-state index is -0.534. The van der Waals surface area contributed by atoms with E-state index in [1.807, 2.05) is 11.4 Å². The van der Waals surface area contributed by atoms with Crippen LogP contribution in [0.15, 0.2) is 15.9 Å². The van der Waals surface area contributed by atoms with Crippen molar-refractivity contribution in [2.45, 2.75) is 32.4 Å². The van der Waals surface area contributed by atoms with Gasteiger partial charge in [0.25, 0.3) is 0 Å². The molecule has 2 nitrogen and oxygen atoms in total. The molecule has 3 N–H and O–H groups in total. The highest BCUT2D eigenvalue weighted by Crippen LogP contribution is 2.28. The van der Waals surface area contributed by atoms with Crippen LogP contribution in [0.1, 0.15) is 31.2 Å². The first kappa shape index (κ1) is 12.2. The van der Waals surface area contributed by atoms with E-state index in [4.69, 9.17) is 5.73 Å². The Morgan fingerprint density at radius 2 is 2.21 bits per heavy atom. The number of hydrogen-bond donors (Lipinski definition) is 2. The van der Waals surface area contributed by atoms with Crippen LogP contribution in [0.2, 0.25) is 0 Å². The lowest BCUT2D eigenvalue weighted by atomic mass is 9.99. The number of hydrogen-bond acceptors (Lipinski definition) is 3. The molecule has 1 heterocycles. The topological polar surface area (TPSA) is 46.2 Å². The zero-order chi connectivity index (χ0) is 10.7. The summed E-state index contributed by atoms with van der Waals surface area (Å²) in [5.74, 6) is 0.517. The normalized spacial score (nSPS) is 15.9. The van der Waals surface area contributed by atoms with Crippen LogP contribution in [0.25, 0.3) is 0 Å². The molecular weight excluding hydrogens is 262 g/mol. The van der Waals surface area contributed by atoms with E-state index in [9.17, 15) is 5.11 Å². The smallest absolute Gasteiger partial charge is 0.103 e. The van der Waals surface area contributed by atoms with Gasteiger partial charge in [-0.25, -0.2) is 0 Å². The van der Waals surface area contributed by atoms with Gasteiger partial charge >= 0.3 is 0 Å². The first-order valence-electron chi connectivity index (χ1n) is 4.68. The van der Waals surface area contributed by atoms with Gasteiger partial charge < -0.3 is 10.8 Å². The summed E-state index contributed by atoms with van der Waals surface area (Å²) in [4.78, 5) is 0.935. The third kappa shape index (κ3) is 3.35. The van der Waals surface area contributed by atoms with Crippen LogP contribution >= 0.6 is 27.3 Å². The molecule has 1 aromatic rings. The van der Waals surface area contributed by atoms with Crippen LogP contribution in [0.3, 0.4) is 0 Å². The lowest BCUT2D eigenvalue weighted by molar-refractivity contribution is 0.139. The molecule has 0 saturated carbocycles. The van der Waals surface area contributed by atoms with E-state index in [0.717, 1.165) is 15.8 Å². The van der Waals surface area contributed by atoms with E-state index in [1.165, 1.54) is 11.3 Å². The Balaban J connectivity index is 2.60. The Morgan fingerprint density at radius 1 is 1.57 bits per heavy atom. The second-order valence-corrected chi connectivity index (χ2v) is 5.76. The van der Waals surface area contributed by atoms with E-state index in [0.29, 0.717) is 5.92 Å². The second-order valence-electron chi connectivity index (χ2n) is 3.91. The first-order chi connectivity index (χ1) is 6.50. The molecule has 4 heteroatoms. The fourth-order valence-electron chi connectivity index (χ4n) is 1.37. The van der Waals surface area contributed by atoms with Crippen molar-refractivity contribution >= 4 is 27.3 Å². The van der Waals surface area contributed by atoms with Crippen LogP contribution in [0, 0.1) is 5.92 Å². The zero-order valence-corrected chi connectivity index (χ0v) is 10.8. The third-order valence-corrected chi connectivity index (χ3v) is 3.79. The van der Waals surface area contributed by atoms with Crippen molar-refractivity contribution in [1.29, 1.82) is 0 Å². The summed E-state index contributed by atoms with van der Waals surface area (Å²) in [6.07, 6.45) is 0.310. The molecule has 0 bridgehead atoms. The molecule has 0 spiro atoms. The summed E-state index contributed by atoms with van der Waals surface area (Å²) >= 11 is 4.90. The van der Waals surface area contributed by atoms with Crippen LogP contribution in [0.5, 0.6) is 0 Å². The molecule has 0 amide bonds. The molecule has 1 rings (SSSR count). The molecular formula is C10H16BrNOS. The molecule has 2 atom stereocenters. The Morgan fingerprint density at radius 3 is 2.64 bits per heavy atom. The maximum absolute atomic E-state index is 9.92. The minimum absolute atomic E-state index is 0.166. The average Bonchev–Trinajstić information content (AvgIpc) is 2.49. The molecule has 1 aromatic heterocycles. The van der Waals surface area contributed by atoms with Crippen molar-refractivity contribution < 1.29 is 5.11 Å². The minimum Gasteiger partial charge on any atom is -0.386 e. The molecule has 0 aromatic carbocycles. The Kier molecular flexibility index (Phi) is 4.57. The zero-order valence-electron chi connectivity index (χ0n) is 8.40. The number of rotatable bonds is 4. The average molecular weight is 278 g/mol. The lowest BCUT2D eigenvalue weighted by Crippen LogP contribution is -2.29. The molecule has 0 fully saturated rings. The summed E-state index contributed by atoms with van der Waals surface area (Å²) in [5.41, 5.74) is 5.90. The van der Waals surface area contributed by atoms with Gasteiger partial charge in [0.2, 0.25) is 0 Å². The van der Waals surface area contributed by atoms with Crippen LogP contribution in [-0.2, 0) is 0 Å². The fourth-order valence-corrected chi connectivity index (χ4v) is 2.87. The highest BCUT2D eigenvalue weighted by atomic mass is 79.9. The first-order valence-corrected chi connectivity index (χ1v) is 6.35. The Bertz CT molecular complexity index is 287. The van der Waals surface area contributed by atoms with Gasteiger partial charge in [-0.05, 0) is 34.3 Å². The van der Waals surface area contributed by atoms with Crippen LogP contribution in [-0.4, -0.2) is 11.1 Å². The van der Waals surface area contributed by atoms with E-state index in [-0.39, 0.29) is 6.04 Å². The summed E-state index contributed by atoms with van der Waals surface area (Å²) in [7, 11) is 0. The third-order valence-electron chi connectivity index (χ3n) is 2.03. The molecule has 0 saturated heterocycles. The SMILES string of the molecule is CC(C)CC(N)C(O)c1cc(Br)cs1. The Hall–Kier alpha value is 0.1000. The van der Waals surface area contributed by atoms with Gasteiger partial charge in [0.15, 0.2) is 0 Å². The van der Waals surface area contributed by atoms with E-state index >= 15 is 0 Å². The van der Waals surface area contributed by atoms with Gasteiger partial charge in [-0.1, -0.05) is 13.8 Å². The van der Waals surface area contributed by atoms with Crippen LogP contribution in [0.4, 0.5) is 0 Å². The summed E-state index contributed by atoms with van der Waals surface area (Å²) in [6, 6.07) is 1.76. The second kappa shape index (κ2) is 5.26. The maximum Gasteiger partial charge on any atom is 0.103 e. The summed E-state index contributed by atoms with van der Waals surface area (Å²) in [6.45, 7) is 4.22. The highest BCUT2D eigenvalue weighted by molar-refractivity contribution is 9.10. The highest BCUT2D eigenvalue weighted by Gasteiger charge is 2.19. The van der Waals surface area contributed by atoms with Gasteiger partial charge in [0, 0.05) is 20.8 Å². The summed E-state index contributed by atoms with van der Waals surface area (Å²) in [5, 5.41) is 11.9. The van der Waals surface area contributed by atoms with E-state index in [2.05, 4.69) is 29.8 Å². The lowest BCUT2D eigenvalue weighted by Gasteiger charge is -2.19. The van der Waals surface area contributed by atoms with Gasteiger partial charge in [0.05, 0.1) is 0 Å². The summed E-state index contributed by atoms with van der Waals surface area (Å²) < 4.78 is 1.01. The molecule has 0 aliphatic heterocycles. The fraction of sp³-hybridized carbons (Fsp3) is 0.600. The van der Waals surface area contributed by atoms with Crippen molar-refractivity contribution in [3.63, 3.8) is 0 Å². The maximum atomic E-state index is 9.92. The van der Waals surface area contributed by atoms with E-state index in [1.54, 1.807) is 0 Å². The molecule has 2 unspecified atom stereocenters. The van der Waals surface area contributed by atoms with Crippen molar-refractivity contribution in [3.8, 4) is 0 Å². The van der Waals surface area contributed by atoms with Gasteiger partial charge in [-0.2, -0.15) is 0 Å². The Labute approximate surface area is 97.3 Å². The number of halogens is 1. The van der Waals surface area contributed by atoms with Gasteiger partial charge in [-0.15, -0.1) is 11.3 Å². The number of aliphatic hydroxyl groups is 1. The van der Waals surface area contributed by atoms with Crippen LogP contribution < -0.4 is 5.73 Å². The number of aliphatic hydroxyl groups excluding tert-OH is 1. The molecule has 80 valence electrons. The van der Waals surface area contributed by atoms with Gasteiger partial charge in [-0.3, -0.25) is 0 Å². The van der Waals surface area contributed by atoms with Crippen molar-refractivity contribution in [1.82, 2.24) is 0 Å². The number of nitrogens with two attached hydrogens (primary N) is 1. The largest absolute Gasteiger partial charge is 0.386 e. The van der Waals surface area contributed by atoms with Crippen molar-refractivity contribution in [2.75, 3.05) is 0 Å². The molecule has 0 radical (unpaired) electrons. The predicted octanol–water partition coefficient (Wildman–Crippen LogP) is 2.92. The standard InChI is InChI=1S/C10H16BrNOS/c1-6(2)3-8(12)10(13)9-4-7(11)5-14-9/h4-6,8,10,13H,3,12H2,1-2H3. The van der Waals surface area contributed by atoms with E-state index < -0.39 is 6.10 Å². The van der Waals surface area contributed by atoms with Gasteiger partial charge in [0.1, 0.15) is 6.10 Å². The molecule has 0 aliphatic rings. The monoisotopic (exact) mass is 277 g/mol. The number of thiophene rings is 1. The quantitative estimate of drug-likeness (QED) is 0.889. The molecule has 0 aliphatic carbocycles. The predicted molar refractivity (Wildman–Crippen MR) is 64.4 cm³/mol. The van der Waals surface area contributed by atoms with Crippen molar-refractivity contribution in [3.05, 3.63) is 20.8 Å².